The molecule has 0 heterocycles. The van der Waals surface area contributed by atoms with Crippen LogP contribution in [0.5, 0.6) is 0 Å². The lowest BCUT2D eigenvalue weighted by Crippen LogP contribution is -2.13. The van der Waals surface area contributed by atoms with Crippen LogP contribution in [0.25, 0.3) is 0 Å². The highest BCUT2D eigenvalue weighted by Crippen LogP contribution is 1.99. The Labute approximate surface area is 58.7 Å². The average Bonchev–Trinajstić information content (AvgIpc) is 1.83. The van der Waals surface area contributed by atoms with Gasteiger partial charge in [0.15, 0.2) is 0 Å². The quantitative estimate of drug-likeness (QED) is 0.587. The van der Waals surface area contributed by atoms with Crippen LogP contribution in [0.15, 0.2) is 11.2 Å². The molecule has 0 radical (unpaired) electrons. The SMILES string of the molecule is CS/C(N)=C/NC(C)=O. The van der Waals surface area contributed by atoms with Gasteiger partial charge in [0.1, 0.15) is 0 Å². The van der Waals surface area contributed by atoms with Crippen LogP contribution in [-0.4, -0.2) is 12.2 Å². The molecule has 9 heavy (non-hydrogen) atoms. The number of thioether (sulfide) groups is 1. The van der Waals surface area contributed by atoms with E-state index in [9.17, 15) is 4.79 Å². The van der Waals surface area contributed by atoms with Crippen molar-refractivity contribution in [2.45, 2.75) is 6.92 Å². The first-order valence-corrected chi connectivity index (χ1v) is 3.66. The monoisotopic (exact) mass is 146 g/mol. The van der Waals surface area contributed by atoms with E-state index < -0.39 is 0 Å². The molecule has 0 unspecified atom stereocenters. The maximum atomic E-state index is 10.2. The number of carbonyl (C=O) groups excluding carboxylic acids is 1. The van der Waals surface area contributed by atoms with Gasteiger partial charge in [-0.05, 0) is 6.26 Å². The van der Waals surface area contributed by atoms with E-state index >= 15 is 0 Å². The van der Waals surface area contributed by atoms with E-state index in [1.54, 1.807) is 0 Å². The molecular formula is C5H10N2OS. The summed E-state index contributed by atoms with van der Waals surface area (Å²) in [5.41, 5.74) is 5.33. The minimum absolute atomic E-state index is 0.105. The second-order valence-corrected chi connectivity index (χ2v) is 2.33. The standard InChI is InChI=1S/C5H10N2OS/c1-4(8)7-3-5(6)9-2/h3H,6H2,1-2H3,(H,7,8)/b5-3+. The van der Waals surface area contributed by atoms with Gasteiger partial charge in [0.2, 0.25) is 5.91 Å². The largest absolute Gasteiger partial charge is 0.392 e. The van der Waals surface area contributed by atoms with E-state index in [4.69, 9.17) is 5.73 Å². The maximum Gasteiger partial charge on any atom is 0.220 e. The van der Waals surface area contributed by atoms with Crippen molar-refractivity contribution in [2.75, 3.05) is 6.26 Å². The zero-order valence-electron chi connectivity index (χ0n) is 5.47. The number of hydrogen-bond donors (Lipinski definition) is 2. The predicted molar refractivity (Wildman–Crippen MR) is 39.6 cm³/mol. The fourth-order valence-corrected chi connectivity index (χ4v) is 0.408. The molecule has 0 saturated heterocycles. The number of carbonyl (C=O) groups is 1. The Kier molecular flexibility index (Phi) is 3.96. The lowest BCUT2D eigenvalue weighted by atomic mass is 10.7. The third kappa shape index (κ3) is 5.23. The summed E-state index contributed by atoms with van der Waals surface area (Å²) < 4.78 is 0. The highest BCUT2D eigenvalue weighted by molar-refractivity contribution is 8.02. The Morgan fingerprint density at radius 1 is 1.78 bits per heavy atom. The van der Waals surface area contributed by atoms with Crippen LogP contribution in [0.2, 0.25) is 0 Å². The van der Waals surface area contributed by atoms with Crippen molar-refractivity contribution in [3.63, 3.8) is 0 Å². The lowest BCUT2D eigenvalue weighted by molar-refractivity contribution is -0.118. The van der Waals surface area contributed by atoms with Gasteiger partial charge in [-0.25, -0.2) is 0 Å². The van der Waals surface area contributed by atoms with Crippen molar-refractivity contribution in [2.24, 2.45) is 5.73 Å². The van der Waals surface area contributed by atoms with Gasteiger partial charge in [-0.2, -0.15) is 0 Å². The minimum atomic E-state index is -0.105. The summed E-state index contributed by atoms with van der Waals surface area (Å²) in [4.78, 5) is 10.2. The molecule has 0 rings (SSSR count). The highest BCUT2D eigenvalue weighted by atomic mass is 32.2. The Morgan fingerprint density at radius 3 is 2.67 bits per heavy atom. The van der Waals surface area contributed by atoms with Crippen molar-refractivity contribution in [1.29, 1.82) is 0 Å². The van der Waals surface area contributed by atoms with Crippen LogP contribution in [0.3, 0.4) is 0 Å². The average molecular weight is 146 g/mol. The summed E-state index contributed by atoms with van der Waals surface area (Å²) in [6.45, 7) is 1.43. The molecule has 0 aliphatic rings. The van der Waals surface area contributed by atoms with Crippen LogP contribution in [0, 0.1) is 0 Å². The van der Waals surface area contributed by atoms with Crippen LogP contribution < -0.4 is 11.1 Å². The summed E-state index contributed by atoms with van der Waals surface area (Å²) in [5.74, 6) is -0.105. The topological polar surface area (TPSA) is 55.1 Å². The molecule has 0 spiro atoms. The molecule has 4 heteroatoms. The summed E-state index contributed by atoms with van der Waals surface area (Å²) in [5, 5.41) is 3.05. The Bertz CT molecular complexity index is 133. The molecule has 0 aromatic carbocycles. The molecular weight excluding hydrogens is 136 g/mol. The molecule has 52 valence electrons. The first kappa shape index (κ1) is 8.36. The van der Waals surface area contributed by atoms with Gasteiger partial charge in [-0.3, -0.25) is 4.79 Å². The molecule has 0 bridgehead atoms. The number of nitrogens with two attached hydrogens (primary N) is 1. The van der Waals surface area contributed by atoms with E-state index in [0.29, 0.717) is 5.03 Å². The number of nitrogens with one attached hydrogen (secondary N) is 1. The van der Waals surface area contributed by atoms with Crippen molar-refractivity contribution in [3.8, 4) is 0 Å². The van der Waals surface area contributed by atoms with Crippen LogP contribution in [0.1, 0.15) is 6.92 Å². The molecule has 0 saturated carbocycles. The second-order valence-electron chi connectivity index (χ2n) is 1.45. The zero-order valence-corrected chi connectivity index (χ0v) is 6.29. The maximum absolute atomic E-state index is 10.2. The van der Waals surface area contributed by atoms with Crippen molar-refractivity contribution < 1.29 is 4.79 Å². The Morgan fingerprint density at radius 2 is 2.33 bits per heavy atom. The van der Waals surface area contributed by atoms with Crippen molar-refractivity contribution in [3.05, 3.63) is 11.2 Å². The molecule has 3 N–H and O–H groups in total. The number of amides is 1. The summed E-state index contributed by atoms with van der Waals surface area (Å²) in [7, 11) is 0. The fourth-order valence-electron chi connectivity index (χ4n) is 0.232. The Balaban J connectivity index is 3.56. The van der Waals surface area contributed by atoms with Crippen LogP contribution >= 0.6 is 11.8 Å². The molecule has 0 fully saturated rings. The normalized spacial score (nSPS) is 11.1. The minimum Gasteiger partial charge on any atom is -0.392 e. The molecule has 1 amide bonds. The molecule has 0 atom stereocenters. The van der Waals surface area contributed by atoms with Crippen molar-refractivity contribution in [1.82, 2.24) is 5.32 Å². The number of hydrogen-bond acceptors (Lipinski definition) is 3. The summed E-state index contributed by atoms with van der Waals surface area (Å²) in [6, 6.07) is 0. The van der Waals surface area contributed by atoms with E-state index in [1.807, 2.05) is 6.26 Å². The van der Waals surface area contributed by atoms with E-state index in [-0.39, 0.29) is 5.91 Å². The number of rotatable bonds is 2. The Hall–Kier alpha value is -0.640. The second kappa shape index (κ2) is 4.26. The van der Waals surface area contributed by atoms with Crippen LogP contribution in [-0.2, 0) is 4.79 Å². The van der Waals surface area contributed by atoms with Gasteiger partial charge in [0, 0.05) is 13.1 Å². The van der Waals surface area contributed by atoms with Crippen LogP contribution in [0.4, 0.5) is 0 Å². The molecule has 0 aromatic rings. The molecule has 0 aliphatic carbocycles. The van der Waals surface area contributed by atoms with Gasteiger partial charge in [-0.1, -0.05) is 0 Å². The summed E-state index contributed by atoms with van der Waals surface area (Å²) in [6.07, 6.45) is 3.32. The smallest absolute Gasteiger partial charge is 0.220 e. The van der Waals surface area contributed by atoms with Gasteiger partial charge in [-0.15, -0.1) is 11.8 Å². The first-order chi connectivity index (χ1) is 4.16. The predicted octanol–water partition coefficient (Wildman–Crippen LogP) is 0.243. The van der Waals surface area contributed by atoms with E-state index in [1.165, 1.54) is 24.9 Å². The van der Waals surface area contributed by atoms with Gasteiger partial charge < -0.3 is 11.1 Å². The van der Waals surface area contributed by atoms with Crippen molar-refractivity contribution >= 4 is 17.7 Å². The molecule has 0 aliphatic heterocycles. The summed E-state index contributed by atoms with van der Waals surface area (Å²) >= 11 is 1.39. The molecule has 3 nitrogen and oxygen atoms in total. The highest BCUT2D eigenvalue weighted by Gasteiger charge is 1.85. The zero-order chi connectivity index (χ0) is 7.28. The van der Waals surface area contributed by atoms with Gasteiger partial charge >= 0.3 is 0 Å². The lowest BCUT2D eigenvalue weighted by Gasteiger charge is -1.94. The first-order valence-electron chi connectivity index (χ1n) is 2.43. The third-order valence-electron chi connectivity index (χ3n) is 0.653. The van der Waals surface area contributed by atoms with Gasteiger partial charge in [0.05, 0.1) is 5.03 Å². The molecule has 0 aromatic heterocycles. The van der Waals surface area contributed by atoms with Gasteiger partial charge in [0.25, 0.3) is 0 Å². The van der Waals surface area contributed by atoms with E-state index in [2.05, 4.69) is 5.32 Å². The van der Waals surface area contributed by atoms with E-state index in [0.717, 1.165) is 0 Å². The fraction of sp³-hybridized carbons (Fsp3) is 0.400. The third-order valence-corrected chi connectivity index (χ3v) is 1.24.